The average molecular weight is 251 g/mol. The highest BCUT2D eigenvalue weighted by Crippen LogP contribution is 2.35. The Kier molecular flexibility index (Phi) is 4.40. The van der Waals surface area contributed by atoms with Crippen molar-refractivity contribution in [2.75, 3.05) is 6.54 Å². The van der Waals surface area contributed by atoms with Crippen molar-refractivity contribution in [2.24, 2.45) is 11.8 Å². The van der Waals surface area contributed by atoms with Crippen LogP contribution in [0.1, 0.15) is 33.5 Å². The Morgan fingerprint density at radius 1 is 1.39 bits per heavy atom. The highest BCUT2D eigenvalue weighted by Gasteiger charge is 2.41. The molecule has 1 aromatic rings. The van der Waals surface area contributed by atoms with E-state index in [0.717, 1.165) is 18.8 Å². The van der Waals surface area contributed by atoms with Crippen LogP contribution in [0.3, 0.4) is 0 Å². The zero-order chi connectivity index (χ0) is 13.1. The van der Waals surface area contributed by atoms with E-state index in [2.05, 4.69) is 43.0 Å². The largest absolute Gasteiger partial charge is 0.375 e. The maximum Gasteiger partial charge on any atom is 0.107 e. The van der Waals surface area contributed by atoms with Crippen LogP contribution in [-0.2, 0) is 11.2 Å². The molecule has 0 spiro atoms. The molecular weight excluding hydrogens is 226 g/mol. The quantitative estimate of drug-likeness (QED) is 0.841. The number of imidazole rings is 1. The molecule has 4 heteroatoms. The number of aromatic nitrogens is 2. The predicted octanol–water partition coefficient (Wildman–Crippen LogP) is 1.99. The third-order valence-electron chi connectivity index (χ3n) is 4.22. The van der Waals surface area contributed by atoms with Gasteiger partial charge in [0.25, 0.3) is 0 Å². The van der Waals surface area contributed by atoms with E-state index in [1.165, 1.54) is 0 Å². The van der Waals surface area contributed by atoms with Crippen LogP contribution < -0.4 is 5.32 Å². The monoisotopic (exact) mass is 251 g/mol. The van der Waals surface area contributed by atoms with Crippen molar-refractivity contribution < 1.29 is 4.74 Å². The Bertz CT molecular complexity index is 352. The van der Waals surface area contributed by atoms with Crippen molar-refractivity contribution >= 4 is 0 Å². The predicted molar refractivity (Wildman–Crippen MR) is 72.4 cm³/mol. The Morgan fingerprint density at radius 3 is 2.67 bits per heavy atom. The van der Waals surface area contributed by atoms with Gasteiger partial charge in [-0.1, -0.05) is 13.8 Å². The minimum Gasteiger partial charge on any atom is -0.375 e. The second kappa shape index (κ2) is 5.85. The van der Waals surface area contributed by atoms with E-state index in [4.69, 9.17) is 4.74 Å². The molecule has 5 atom stereocenters. The lowest BCUT2D eigenvalue weighted by Crippen LogP contribution is -2.43. The van der Waals surface area contributed by atoms with E-state index >= 15 is 0 Å². The first-order valence-corrected chi connectivity index (χ1v) is 7.00. The summed E-state index contributed by atoms with van der Waals surface area (Å²) < 4.78 is 5.96. The molecule has 2 heterocycles. The second-order valence-corrected chi connectivity index (χ2v) is 5.39. The Labute approximate surface area is 110 Å². The van der Waals surface area contributed by atoms with Crippen molar-refractivity contribution in [3.8, 4) is 0 Å². The maximum absolute atomic E-state index is 5.96. The SMILES string of the molecule is CCNC(Cc1ncc[nH]1)C1C(C)OC(C)C1C. The smallest absolute Gasteiger partial charge is 0.107 e. The Morgan fingerprint density at radius 2 is 2.17 bits per heavy atom. The van der Waals surface area contributed by atoms with Gasteiger partial charge < -0.3 is 15.0 Å². The van der Waals surface area contributed by atoms with Gasteiger partial charge in [-0.3, -0.25) is 0 Å². The van der Waals surface area contributed by atoms with Crippen molar-refractivity contribution in [3.63, 3.8) is 0 Å². The number of hydrogen-bond acceptors (Lipinski definition) is 3. The number of ether oxygens (including phenoxy) is 1. The fraction of sp³-hybridized carbons (Fsp3) is 0.786. The van der Waals surface area contributed by atoms with Gasteiger partial charge in [-0.2, -0.15) is 0 Å². The fourth-order valence-corrected chi connectivity index (χ4v) is 3.21. The van der Waals surface area contributed by atoms with Gasteiger partial charge in [0.2, 0.25) is 0 Å². The molecule has 0 aromatic carbocycles. The number of nitrogens with zero attached hydrogens (tertiary/aromatic N) is 1. The van der Waals surface area contributed by atoms with Gasteiger partial charge in [-0.25, -0.2) is 4.98 Å². The summed E-state index contributed by atoms with van der Waals surface area (Å²) in [6.45, 7) is 9.80. The molecule has 1 aliphatic rings. The van der Waals surface area contributed by atoms with E-state index in [9.17, 15) is 0 Å². The third kappa shape index (κ3) is 2.75. The molecule has 102 valence electrons. The van der Waals surface area contributed by atoms with Gasteiger partial charge in [0, 0.05) is 30.8 Å². The highest BCUT2D eigenvalue weighted by molar-refractivity contribution is 4.98. The number of nitrogens with one attached hydrogen (secondary N) is 2. The van der Waals surface area contributed by atoms with Gasteiger partial charge in [-0.05, 0) is 26.3 Å². The second-order valence-electron chi connectivity index (χ2n) is 5.39. The lowest BCUT2D eigenvalue weighted by molar-refractivity contribution is 0.0476. The van der Waals surface area contributed by atoms with Crippen LogP contribution >= 0.6 is 0 Å². The minimum atomic E-state index is 0.314. The molecule has 4 nitrogen and oxygen atoms in total. The van der Waals surface area contributed by atoms with Gasteiger partial charge in [-0.15, -0.1) is 0 Å². The molecule has 2 N–H and O–H groups in total. The summed E-state index contributed by atoms with van der Waals surface area (Å²) in [5.74, 6) is 2.18. The van der Waals surface area contributed by atoms with Crippen LogP contribution in [-0.4, -0.2) is 34.8 Å². The Balaban J connectivity index is 2.09. The molecule has 0 aliphatic carbocycles. The zero-order valence-electron chi connectivity index (χ0n) is 11.8. The van der Waals surface area contributed by atoms with E-state index in [0.29, 0.717) is 30.1 Å². The van der Waals surface area contributed by atoms with Gasteiger partial charge >= 0.3 is 0 Å². The highest BCUT2D eigenvalue weighted by atomic mass is 16.5. The molecule has 1 aromatic heterocycles. The van der Waals surface area contributed by atoms with E-state index in [-0.39, 0.29) is 0 Å². The lowest BCUT2D eigenvalue weighted by atomic mass is 9.82. The van der Waals surface area contributed by atoms with Crippen LogP contribution in [0.2, 0.25) is 0 Å². The summed E-state index contributed by atoms with van der Waals surface area (Å²) in [7, 11) is 0. The summed E-state index contributed by atoms with van der Waals surface area (Å²) in [5, 5.41) is 3.60. The summed E-state index contributed by atoms with van der Waals surface area (Å²) in [5.41, 5.74) is 0. The first-order valence-electron chi connectivity index (χ1n) is 7.00. The molecule has 1 saturated heterocycles. The number of hydrogen-bond donors (Lipinski definition) is 2. The van der Waals surface area contributed by atoms with Crippen molar-refractivity contribution in [1.82, 2.24) is 15.3 Å². The molecule has 1 aliphatic heterocycles. The molecule has 0 radical (unpaired) electrons. The minimum absolute atomic E-state index is 0.314. The molecule has 2 rings (SSSR count). The number of H-pyrrole nitrogens is 1. The maximum atomic E-state index is 5.96. The molecular formula is C14H25N3O. The molecule has 5 unspecified atom stereocenters. The normalized spacial score (nSPS) is 33.8. The van der Waals surface area contributed by atoms with Crippen LogP contribution in [0.25, 0.3) is 0 Å². The standard InChI is InChI=1S/C14H25N3O/c1-5-15-12(8-13-16-6-7-17-13)14-9(2)10(3)18-11(14)4/h6-7,9-12,14-15H,5,8H2,1-4H3,(H,16,17). The van der Waals surface area contributed by atoms with Crippen LogP contribution in [0.4, 0.5) is 0 Å². The number of rotatable bonds is 5. The molecule has 1 fully saturated rings. The molecule has 0 amide bonds. The summed E-state index contributed by atoms with van der Waals surface area (Å²) in [4.78, 5) is 7.54. The van der Waals surface area contributed by atoms with Crippen LogP contribution in [0, 0.1) is 11.8 Å². The van der Waals surface area contributed by atoms with Gasteiger partial charge in [0.1, 0.15) is 5.82 Å². The van der Waals surface area contributed by atoms with Crippen molar-refractivity contribution in [3.05, 3.63) is 18.2 Å². The number of aromatic amines is 1. The van der Waals surface area contributed by atoms with E-state index < -0.39 is 0 Å². The number of likely N-dealkylation sites (N-methyl/N-ethyl adjacent to an activating group) is 1. The van der Waals surface area contributed by atoms with Crippen molar-refractivity contribution in [2.45, 2.75) is 52.4 Å². The zero-order valence-corrected chi connectivity index (χ0v) is 11.8. The average Bonchev–Trinajstić information content (AvgIpc) is 2.89. The molecule has 18 heavy (non-hydrogen) atoms. The topological polar surface area (TPSA) is 49.9 Å². The van der Waals surface area contributed by atoms with Gasteiger partial charge in [0.15, 0.2) is 0 Å². The fourth-order valence-electron chi connectivity index (χ4n) is 3.21. The Hall–Kier alpha value is -0.870. The summed E-state index contributed by atoms with van der Waals surface area (Å²) in [6, 6.07) is 0.427. The van der Waals surface area contributed by atoms with Crippen LogP contribution in [0.5, 0.6) is 0 Å². The van der Waals surface area contributed by atoms with Crippen LogP contribution in [0.15, 0.2) is 12.4 Å². The third-order valence-corrected chi connectivity index (χ3v) is 4.22. The molecule has 0 saturated carbocycles. The first kappa shape index (κ1) is 13.6. The molecule has 0 bridgehead atoms. The summed E-state index contributed by atoms with van der Waals surface area (Å²) >= 11 is 0. The van der Waals surface area contributed by atoms with Crippen molar-refractivity contribution in [1.29, 1.82) is 0 Å². The van der Waals surface area contributed by atoms with Gasteiger partial charge in [0.05, 0.1) is 12.2 Å². The van der Waals surface area contributed by atoms with E-state index in [1.807, 2.05) is 12.4 Å². The van der Waals surface area contributed by atoms with E-state index in [1.54, 1.807) is 0 Å². The summed E-state index contributed by atoms with van der Waals surface area (Å²) in [6.07, 6.45) is 5.31. The lowest BCUT2D eigenvalue weighted by Gasteiger charge is -2.29. The first-order chi connectivity index (χ1) is 8.63.